The average molecular weight is 253 g/mol. The topological polar surface area (TPSA) is 12.5 Å². The smallest absolute Gasteiger partial charge is 0.121 e. The summed E-state index contributed by atoms with van der Waals surface area (Å²) in [7, 11) is 0. The van der Waals surface area contributed by atoms with Crippen LogP contribution < -0.4 is 0 Å². The van der Waals surface area contributed by atoms with Crippen molar-refractivity contribution in [2.75, 3.05) is 0 Å². The first-order valence-electron chi connectivity index (χ1n) is 5.26. The minimum absolute atomic E-state index is 0.0817. The van der Waals surface area contributed by atoms with Gasteiger partial charge in [-0.1, -0.05) is 47.0 Å². The van der Waals surface area contributed by atoms with Gasteiger partial charge in [-0.05, 0) is 18.9 Å². The maximum atomic E-state index is 5.90. The molecule has 0 aromatic heterocycles. The van der Waals surface area contributed by atoms with Crippen molar-refractivity contribution >= 4 is 15.9 Å². The summed E-state index contributed by atoms with van der Waals surface area (Å²) >= 11 is 3.61. The van der Waals surface area contributed by atoms with Crippen molar-refractivity contribution in [1.82, 2.24) is 0 Å². The Kier molecular flexibility index (Phi) is 1.96. The highest BCUT2D eigenvalue weighted by atomic mass is 79.9. The molecule has 2 atom stereocenters. The fraction of sp³-hybridized carbons (Fsp3) is 0.500. The lowest BCUT2D eigenvalue weighted by atomic mass is 9.84. The van der Waals surface area contributed by atoms with E-state index in [2.05, 4.69) is 40.2 Å². The van der Waals surface area contributed by atoms with Gasteiger partial charge in [-0.2, -0.15) is 0 Å². The highest BCUT2D eigenvalue weighted by molar-refractivity contribution is 9.10. The second kappa shape index (κ2) is 3.07. The molecule has 74 valence electrons. The van der Waals surface area contributed by atoms with Crippen molar-refractivity contribution in [2.24, 2.45) is 0 Å². The fourth-order valence-electron chi connectivity index (χ4n) is 2.63. The van der Waals surface area contributed by atoms with Crippen molar-refractivity contribution < 1.29 is 4.74 Å². The summed E-state index contributed by atoms with van der Waals surface area (Å²) in [6.45, 7) is 0. The molecule has 1 aromatic carbocycles. The highest BCUT2D eigenvalue weighted by Gasteiger charge is 2.58. The Balaban J connectivity index is 2.00. The van der Waals surface area contributed by atoms with Crippen LogP contribution in [0.5, 0.6) is 0 Å². The number of rotatable bonds is 1. The van der Waals surface area contributed by atoms with E-state index in [1.165, 1.54) is 35.7 Å². The zero-order valence-corrected chi connectivity index (χ0v) is 9.59. The van der Waals surface area contributed by atoms with E-state index in [-0.39, 0.29) is 5.60 Å². The van der Waals surface area contributed by atoms with E-state index in [0.717, 1.165) is 0 Å². The Hall–Kier alpha value is -0.340. The molecule has 3 rings (SSSR count). The van der Waals surface area contributed by atoms with Gasteiger partial charge in [0.25, 0.3) is 0 Å². The Morgan fingerprint density at radius 3 is 2.93 bits per heavy atom. The summed E-state index contributed by atoms with van der Waals surface area (Å²) in [5, 5.41) is 0. The molecule has 0 radical (unpaired) electrons. The van der Waals surface area contributed by atoms with Gasteiger partial charge in [-0.15, -0.1) is 0 Å². The quantitative estimate of drug-likeness (QED) is 0.696. The van der Waals surface area contributed by atoms with Crippen LogP contribution >= 0.6 is 15.9 Å². The van der Waals surface area contributed by atoms with Crippen LogP contribution in [0.1, 0.15) is 31.2 Å². The number of epoxide rings is 1. The Labute approximate surface area is 92.6 Å². The van der Waals surface area contributed by atoms with E-state index in [1.807, 2.05) is 0 Å². The number of fused-ring (bicyclic) bond motifs is 1. The standard InChI is InChI=1S/C12H13BrO/c13-10-6-2-1-5-9(10)12-8-4-3-7-11(12)14-12/h1-2,5-6,11H,3-4,7-8H2/t11-,12+/m1/s1. The summed E-state index contributed by atoms with van der Waals surface area (Å²) in [5.74, 6) is 0. The van der Waals surface area contributed by atoms with Gasteiger partial charge in [-0.3, -0.25) is 0 Å². The third-order valence-electron chi connectivity index (χ3n) is 3.41. The first-order chi connectivity index (χ1) is 6.83. The van der Waals surface area contributed by atoms with Gasteiger partial charge < -0.3 is 4.74 Å². The molecule has 0 unspecified atom stereocenters. The van der Waals surface area contributed by atoms with E-state index >= 15 is 0 Å². The molecule has 1 aromatic rings. The fourth-order valence-corrected chi connectivity index (χ4v) is 3.25. The lowest BCUT2D eigenvalue weighted by Gasteiger charge is -2.18. The summed E-state index contributed by atoms with van der Waals surface area (Å²) in [4.78, 5) is 0. The first kappa shape index (κ1) is 8.93. The van der Waals surface area contributed by atoms with E-state index in [4.69, 9.17) is 4.74 Å². The molecule has 2 fully saturated rings. The predicted molar refractivity (Wildman–Crippen MR) is 59.2 cm³/mol. The van der Waals surface area contributed by atoms with Crippen LogP contribution in [0.3, 0.4) is 0 Å². The van der Waals surface area contributed by atoms with Crippen molar-refractivity contribution in [1.29, 1.82) is 0 Å². The predicted octanol–water partition coefficient (Wildman–Crippen LogP) is 3.62. The zero-order chi connectivity index (χ0) is 9.60. The maximum Gasteiger partial charge on any atom is 0.121 e. The van der Waals surface area contributed by atoms with Crippen molar-refractivity contribution in [2.45, 2.75) is 37.4 Å². The van der Waals surface area contributed by atoms with E-state index in [9.17, 15) is 0 Å². The van der Waals surface area contributed by atoms with Crippen LogP contribution in [-0.2, 0) is 10.3 Å². The lowest BCUT2D eigenvalue weighted by Crippen LogP contribution is -2.17. The van der Waals surface area contributed by atoms with Gasteiger partial charge in [0.1, 0.15) is 5.60 Å². The summed E-state index contributed by atoms with van der Waals surface area (Å²) < 4.78 is 7.10. The van der Waals surface area contributed by atoms with Gasteiger partial charge in [0.2, 0.25) is 0 Å². The monoisotopic (exact) mass is 252 g/mol. The van der Waals surface area contributed by atoms with Gasteiger partial charge in [0.05, 0.1) is 6.10 Å². The first-order valence-corrected chi connectivity index (χ1v) is 6.05. The molecule has 0 amide bonds. The Morgan fingerprint density at radius 1 is 1.29 bits per heavy atom. The van der Waals surface area contributed by atoms with Gasteiger partial charge in [0.15, 0.2) is 0 Å². The molecular weight excluding hydrogens is 240 g/mol. The number of ether oxygens (including phenoxy) is 1. The van der Waals surface area contributed by atoms with Crippen LogP contribution in [0, 0.1) is 0 Å². The molecule has 14 heavy (non-hydrogen) atoms. The second-order valence-electron chi connectivity index (χ2n) is 4.22. The Morgan fingerprint density at radius 2 is 2.14 bits per heavy atom. The van der Waals surface area contributed by atoms with Crippen LogP contribution in [0.2, 0.25) is 0 Å². The molecule has 2 heteroatoms. The number of hydrogen-bond acceptors (Lipinski definition) is 1. The SMILES string of the molecule is Brc1ccccc1[C@@]12CCCC[C@H]1O2. The molecule has 1 nitrogen and oxygen atoms in total. The van der Waals surface area contributed by atoms with Crippen LogP contribution in [0.15, 0.2) is 28.7 Å². The molecule has 1 aliphatic heterocycles. The zero-order valence-electron chi connectivity index (χ0n) is 8.00. The minimum Gasteiger partial charge on any atom is -0.361 e. The van der Waals surface area contributed by atoms with Crippen molar-refractivity contribution in [3.05, 3.63) is 34.3 Å². The molecule has 1 saturated heterocycles. The van der Waals surface area contributed by atoms with Gasteiger partial charge in [0, 0.05) is 10.0 Å². The third kappa shape index (κ3) is 1.17. The minimum atomic E-state index is 0.0817. The highest BCUT2D eigenvalue weighted by Crippen LogP contribution is 2.56. The third-order valence-corrected chi connectivity index (χ3v) is 4.10. The maximum absolute atomic E-state index is 5.90. The average Bonchev–Trinajstić information content (AvgIpc) is 2.93. The normalized spacial score (nSPS) is 35.1. The van der Waals surface area contributed by atoms with Crippen LogP contribution in [0.4, 0.5) is 0 Å². The van der Waals surface area contributed by atoms with Crippen molar-refractivity contribution in [3.63, 3.8) is 0 Å². The summed E-state index contributed by atoms with van der Waals surface area (Å²) in [6, 6.07) is 8.46. The van der Waals surface area contributed by atoms with Crippen molar-refractivity contribution in [3.8, 4) is 0 Å². The molecule has 1 saturated carbocycles. The summed E-state index contributed by atoms with van der Waals surface area (Å²) in [6.07, 6.45) is 5.56. The lowest BCUT2D eigenvalue weighted by molar-refractivity contribution is 0.289. The molecular formula is C12H13BrO. The molecule has 1 aliphatic carbocycles. The number of halogens is 1. The molecule has 0 N–H and O–H groups in total. The molecule has 2 aliphatic rings. The van der Waals surface area contributed by atoms with E-state index in [1.54, 1.807) is 0 Å². The molecule has 1 heterocycles. The Bertz CT molecular complexity index is 363. The van der Waals surface area contributed by atoms with E-state index in [0.29, 0.717) is 6.10 Å². The largest absolute Gasteiger partial charge is 0.361 e. The van der Waals surface area contributed by atoms with Gasteiger partial charge in [-0.25, -0.2) is 0 Å². The summed E-state index contributed by atoms with van der Waals surface area (Å²) in [5.41, 5.74) is 1.43. The number of benzene rings is 1. The van der Waals surface area contributed by atoms with Crippen LogP contribution in [-0.4, -0.2) is 6.10 Å². The van der Waals surface area contributed by atoms with Crippen LogP contribution in [0.25, 0.3) is 0 Å². The van der Waals surface area contributed by atoms with E-state index < -0.39 is 0 Å². The molecule has 0 bridgehead atoms. The second-order valence-corrected chi connectivity index (χ2v) is 5.08. The molecule has 0 spiro atoms. The van der Waals surface area contributed by atoms with Gasteiger partial charge >= 0.3 is 0 Å². The number of hydrogen-bond donors (Lipinski definition) is 0.